The monoisotopic (exact) mass is 260 g/mol. The number of hydrogen-bond donors (Lipinski definition) is 0. The quantitative estimate of drug-likeness (QED) is 0.742. The number of sulfonamides is 1. The molecule has 1 rings (SSSR count). The number of ether oxygens (including phenoxy) is 1. The summed E-state index contributed by atoms with van der Waals surface area (Å²) in [5.41, 5.74) is 0. The van der Waals surface area contributed by atoms with Gasteiger partial charge in [0.25, 0.3) is 0 Å². The predicted octanol–water partition coefficient (Wildman–Crippen LogP) is 1.12. The summed E-state index contributed by atoms with van der Waals surface area (Å²) >= 11 is 0. The van der Waals surface area contributed by atoms with Crippen LogP contribution in [0.5, 0.6) is 0 Å². The minimum Gasteiger partial charge on any atom is -0.378 e. The lowest BCUT2D eigenvalue weighted by molar-refractivity contribution is 0.0904. The van der Waals surface area contributed by atoms with E-state index < -0.39 is 16.1 Å². The highest BCUT2D eigenvalue weighted by Crippen LogP contribution is 2.20. The summed E-state index contributed by atoms with van der Waals surface area (Å²) in [7, 11) is -3.35. The van der Waals surface area contributed by atoms with Crippen molar-refractivity contribution in [2.24, 2.45) is 0 Å². The van der Waals surface area contributed by atoms with E-state index >= 15 is 0 Å². The fourth-order valence-corrected chi connectivity index (χ4v) is 3.36. The predicted molar refractivity (Wildman–Crippen MR) is 64.8 cm³/mol. The summed E-state index contributed by atoms with van der Waals surface area (Å²) in [6, 6.07) is 1.57. The molecule has 6 heteroatoms. The minimum absolute atomic E-state index is 0.0262. The Morgan fingerprint density at radius 2 is 2.18 bits per heavy atom. The van der Waals surface area contributed by atoms with Gasteiger partial charge in [-0.25, -0.2) is 8.42 Å². The van der Waals surface area contributed by atoms with Gasteiger partial charge in [-0.2, -0.15) is 9.57 Å². The van der Waals surface area contributed by atoms with Crippen molar-refractivity contribution < 1.29 is 13.2 Å². The first-order chi connectivity index (χ1) is 7.97. The highest BCUT2D eigenvalue weighted by molar-refractivity contribution is 7.89. The molecule has 0 aromatic rings. The zero-order chi connectivity index (χ0) is 12.9. The van der Waals surface area contributed by atoms with E-state index in [9.17, 15) is 8.42 Å². The Morgan fingerprint density at radius 3 is 2.76 bits per heavy atom. The van der Waals surface area contributed by atoms with Gasteiger partial charge in [0, 0.05) is 6.54 Å². The molecule has 0 N–H and O–H groups in total. The summed E-state index contributed by atoms with van der Waals surface area (Å²) in [5, 5.41) is 8.95. The molecule has 1 fully saturated rings. The van der Waals surface area contributed by atoms with Crippen molar-refractivity contribution >= 4 is 10.0 Å². The Morgan fingerprint density at radius 1 is 1.47 bits per heavy atom. The van der Waals surface area contributed by atoms with Crippen LogP contribution in [0.2, 0.25) is 0 Å². The Hall–Kier alpha value is -0.640. The molecule has 1 aliphatic heterocycles. The minimum atomic E-state index is -3.35. The van der Waals surface area contributed by atoms with Crippen LogP contribution in [-0.4, -0.2) is 43.8 Å². The molecule has 5 nitrogen and oxygen atoms in total. The third kappa shape index (κ3) is 4.26. The van der Waals surface area contributed by atoms with E-state index in [-0.39, 0.29) is 18.5 Å². The van der Waals surface area contributed by atoms with Crippen LogP contribution in [0.15, 0.2) is 0 Å². The molecule has 1 heterocycles. The van der Waals surface area contributed by atoms with Crippen molar-refractivity contribution in [3.63, 3.8) is 0 Å². The average molecular weight is 260 g/mol. The second-order valence-electron chi connectivity index (χ2n) is 4.49. The summed E-state index contributed by atoms with van der Waals surface area (Å²) in [6.45, 7) is 4.38. The van der Waals surface area contributed by atoms with Gasteiger partial charge in [-0.3, -0.25) is 0 Å². The van der Waals surface area contributed by atoms with E-state index in [1.54, 1.807) is 0 Å². The van der Waals surface area contributed by atoms with Gasteiger partial charge in [-0.1, -0.05) is 0 Å². The van der Waals surface area contributed by atoms with Gasteiger partial charge < -0.3 is 4.74 Å². The van der Waals surface area contributed by atoms with Crippen molar-refractivity contribution in [2.45, 2.75) is 45.3 Å². The van der Waals surface area contributed by atoms with Crippen LogP contribution in [0, 0.1) is 11.3 Å². The van der Waals surface area contributed by atoms with Crippen molar-refractivity contribution in [1.82, 2.24) is 4.31 Å². The van der Waals surface area contributed by atoms with Gasteiger partial charge in [-0.15, -0.1) is 0 Å². The van der Waals surface area contributed by atoms with E-state index in [1.807, 2.05) is 13.8 Å². The van der Waals surface area contributed by atoms with Crippen LogP contribution in [0.3, 0.4) is 0 Å². The average Bonchev–Trinajstić information content (AvgIpc) is 2.28. The van der Waals surface area contributed by atoms with Gasteiger partial charge >= 0.3 is 0 Å². The number of rotatable bonds is 5. The van der Waals surface area contributed by atoms with Crippen molar-refractivity contribution in [3.8, 4) is 6.07 Å². The summed E-state index contributed by atoms with van der Waals surface area (Å²) in [4.78, 5) is 0. The summed E-state index contributed by atoms with van der Waals surface area (Å²) < 4.78 is 30.6. The SMILES string of the molecule is CC(C)OCCS(=O)(=O)N1CCCCC1C#N. The maximum atomic E-state index is 12.0. The normalized spacial score (nSPS) is 22.6. The molecule has 0 bridgehead atoms. The van der Waals surface area contributed by atoms with Crippen LogP contribution in [0.1, 0.15) is 33.1 Å². The molecule has 0 aliphatic carbocycles. The number of hydrogen-bond acceptors (Lipinski definition) is 4. The van der Waals surface area contributed by atoms with E-state index in [2.05, 4.69) is 6.07 Å². The first-order valence-electron chi connectivity index (χ1n) is 5.98. The third-order valence-corrected chi connectivity index (χ3v) is 4.59. The van der Waals surface area contributed by atoms with E-state index in [4.69, 9.17) is 10.00 Å². The molecule has 0 saturated carbocycles. The largest absolute Gasteiger partial charge is 0.378 e. The zero-order valence-corrected chi connectivity index (χ0v) is 11.2. The fourth-order valence-electron chi connectivity index (χ4n) is 1.87. The summed E-state index contributed by atoms with van der Waals surface area (Å²) in [5.74, 6) is -0.0383. The molecule has 0 aromatic carbocycles. The summed E-state index contributed by atoms with van der Waals surface area (Å²) in [6.07, 6.45) is 2.42. The molecule has 0 spiro atoms. The Bertz CT molecular complexity index is 373. The number of nitrogens with zero attached hydrogens (tertiary/aromatic N) is 2. The molecule has 1 saturated heterocycles. The lowest BCUT2D eigenvalue weighted by atomic mass is 10.1. The molecule has 0 amide bonds. The fraction of sp³-hybridized carbons (Fsp3) is 0.909. The van der Waals surface area contributed by atoms with Crippen molar-refractivity contribution in [1.29, 1.82) is 5.26 Å². The lowest BCUT2D eigenvalue weighted by Crippen LogP contribution is -2.44. The van der Waals surface area contributed by atoms with Crippen molar-refractivity contribution in [2.75, 3.05) is 18.9 Å². The van der Waals surface area contributed by atoms with E-state index in [1.165, 1.54) is 4.31 Å². The molecule has 98 valence electrons. The first-order valence-corrected chi connectivity index (χ1v) is 7.59. The van der Waals surface area contributed by atoms with Gasteiger partial charge in [0.1, 0.15) is 6.04 Å². The lowest BCUT2D eigenvalue weighted by Gasteiger charge is -2.30. The molecular formula is C11H20N2O3S. The van der Waals surface area contributed by atoms with Gasteiger partial charge in [-0.05, 0) is 33.1 Å². The highest BCUT2D eigenvalue weighted by Gasteiger charge is 2.31. The van der Waals surface area contributed by atoms with Gasteiger partial charge in [0.05, 0.1) is 24.5 Å². The molecule has 0 radical (unpaired) electrons. The molecule has 1 aliphatic rings. The maximum absolute atomic E-state index is 12.0. The van der Waals surface area contributed by atoms with Crippen LogP contribution < -0.4 is 0 Å². The molecule has 0 aromatic heterocycles. The maximum Gasteiger partial charge on any atom is 0.217 e. The molecule has 1 unspecified atom stereocenters. The van der Waals surface area contributed by atoms with Gasteiger partial charge in [0.15, 0.2) is 0 Å². The second kappa shape index (κ2) is 6.34. The Balaban J connectivity index is 2.59. The topological polar surface area (TPSA) is 70.4 Å². The smallest absolute Gasteiger partial charge is 0.217 e. The second-order valence-corrected chi connectivity index (χ2v) is 6.53. The number of piperidine rings is 1. The standard InChI is InChI=1S/C11H20N2O3S/c1-10(2)16-7-8-17(14,15)13-6-4-3-5-11(13)9-12/h10-11H,3-8H2,1-2H3. The Labute approximate surface area is 103 Å². The first kappa shape index (κ1) is 14.4. The molecule has 17 heavy (non-hydrogen) atoms. The van der Waals surface area contributed by atoms with Crippen LogP contribution in [-0.2, 0) is 14.8 Å². The van der Waals surface area contributed by atoms with E-state index in [0.717, 1.165) is 12.8 Å². The van der Waals surface area contributed by atoms with Gasteiger partial charge in [0.2, 0.25) is 10.0 Å². The van der Waals surface area contributed by atoms with Crippen molar-refractivity contribution in [3.05, 3.63) is 0 Å². The molecule has 1 atom stereocenters. The van der Waals surface area contributed by atoms with E-state index in [0.29, 0.717) is 13.0 Å². The highest BCUT2D eigenvalue weighted by atomic mass is 32.2. The number of nitriles is 1. The van der Waals surface area contributed by atoms with Crippen LogP contribution in [0.25, 0.3) is 0 Å². The molecular weight excluding hydrogens is 240 g/mol. The Kier molecular flexibility index (Phi) is 5.37. The zero-order valence-electron chi connectivity index (χ0n) is 10.4. The third-order valence-electron chi connectivity index (χ3n) is 2.75. The van der Waals surface area contributed by atoms with Crippen LogP contribution >= 0.6 is 0 Å². The van der Waals surface area contributed by atoms with Crippen LogP contribution in [0.4, 0.5) is 0 Å².